The first-order valence-corrected chi connectivity index (χ1v) is 8.76. The van der Waals surface area contributed by atoms with E-state index in [1.807, 2.05) is 0 Å². The molecular weight excluding hydrogens is 322 g/mol. The van der Waals surface area contributed by atoms with Crippen molar-refractivity contribution in [3.8, 4) is 0 Å². The Bertz CT molecular complexity index is 597. The van der Waals surface area contributed by atoms with Crippen molar-refractivity contribution in [2.24, 2.45) is 0 Å². The minimum Gasteiger partial charge on any atom is -0.466 e. The van der Waals surface area contributed by atoms with Gasteiger partial charge in [-0.15, -0.1) is 0 Å². The maximum Gasteiger partial charge on any atom is 0.419 e. The van der Waals surface area contributed by atoms with Gasteiger partial charge in [0.25, 0.3) is 0 Å². The molecule has 1 amide bonds. The lowest BCUT2D eigenvalue weighted by atomic mass is 9.95. The highest BCUT2D eigenvalue weighted by Gasteiger charge is 2.27. The molecule has 0 saturated carbocycles. The van der Waals surface area contributed by atoms with Crippen molar-refractivity contribution < 1.29 is 19.4 Å². The van der Waals surface area contributed by atoms with E-state index in [0.717, 1.165) is 44.4 Å². The van der Waals surface area contributed by atoms with Crippen LogP contribution in [0.1, 0.15) is 32.1 Å². The van der Waals surface area contributed by atoms with E-state index in [2.05, 4.69) is 29.0 Å². The standard InChI is InChI=1S/C18H25N3O4/c22-18(23)20-21-9-4-7-15(8-10-21)19-17(14-5-2-1-3-6-14)16-13-24-11-12-25-16/h1-2,5,11-13,15,17,19-20H,3-4,6-10H2,(H,22,23). The maximum absolute atomic E-state index is 10.8. The Morgan fingerprint density at radius 1 is 1.32 bits per heavy atom. The van der Waals surface area contributed by atoms with Gasteiger partial charge in [0.1, 0.15) is 18.8 Å². The Morgan fingerprint density at radius 2 is 2.24 bits per heavy atom. The van der Waals surface area contributed by atoms with Crippen LogP contribution in [0.3, 0.4) is 0 Å². The molecular formula is C18H25N3O4. The van der Waals surface area contributed by atoms with E-state index in [4.69, 9.17) is 14.6 Å². The quantitative estimate of drug-likeness (QED) is 0.709. The highest BCUT2D eigenvalue weighted by Crippen LogP contribution is 2.25. The molecule has 1 aliphatic carbocycles. The highest BCUT2D eigenvalue weighted by atomic mass is 16.5. The second kappa shape index (κ2) is 8.73. The molecule has 1 saturated heterocycles. The summed E-state index contributed by atoms with van der Waals surface area (Å²) < 4.78 is 11.0. The molecule has 0 spiro atoms. The summed E-state index contributed by atoms with van der Waals surface area (Å²) in [5.74, 6) is 0.758. The first-order valence-electron chi connectivity index (χ1n) is 8.76. The molecule has 25 heavy (non-hydrogen) atoms. The molecule has 2 unspecified atom stereocenters. The van der Waals surface area contributed by atoms with E-state index in [0.29, 0.717) is 6.54 Å². The van der Waals surface area contributed by atoms with Crippen molar-refractivity contribution in [1.29, 1.82) is 0 Å². The third-order valence-corrected chi connectivity index (χ3v) is 4.61. The van der Waals surface area contributed by atoms with Crippen LogP contribution in [0, 0.1) is 0 Å². The smallest absolute Gasteiger partial charge is 0.419 e. The van der Waals surface area contributed by atoms with E-state index >= 15 is 0 Å². The SMILES string of the molecule is O=C(O)NN1CCCC(NC(C2=CC=CCC2)C2=COC=CO2)CC1. The number of hydrogen-bond acceptors (Lipinski definition) is 5. The zero-order chi connectivity index (χ0) is 17.5. The van der Waals surface area contributed by atoms with Crippen LogP contribution in [0.15, 0.2) is 48.3 Å². The molecule has 7 nitrogen and oxygen atoms in total. The number of carbonyl (C=O) groups is 1. The molecule has 0 aromatic heterocycles. The van der Waals surface area contributed by atoms with Crippen molar-refractivity contribution in [1.82, 2.24) is 15.8 Å². The topological polar surface area (TPSA) is 83.1 Å². The van der Waals surface area contributed by atoms with Crippen molar-refractivity contribution in [3.05, 3.63) is 48.3 Å². The summed E-state index contributed by atoms with van der Waals surface area (Å²) in [5.41, 5.74) is 3.73. The third-order valence-electron chi connectivity index (χ3n) is 4.61. The molecule has 3 N–H and O–H groups in total. The average Bonchev–Trinajstić information content (AvgIpc) is 2.86. The van der Waals surface area contributed by atoms with Gasteiger partial charge in [-0.2, -0.15) is 0 Å². The van der Waals surface area contributed by atoms with Crippen molar-refractivity contribution in [2.45, 2.75) is 44.2 Å². The van der Waals surface area contributed by atoms with Crippen molar-refractivity contribution in [2.75, 3.05) is 13.1 Å². The fourth-order valence-electron chi connectivity index (χ4n) is 3.39. The molecule has 2 aliphatic heterocycles. The molecule has 3 aliphatic rings. The van der Waals surface area contributed by atoms with E-state index in [1.165, 1.54) is 11.8 Å². The van der Waals surface area contributed by atoms with Crippen LogP contribution < -0.4 is 10.7 Å². The molecule has 0 bridgehead atoms. The van der Waals surface area contributed by atoms with E-state index in [9.17, 15) is 4.79 Å². The lowest BCUT2D eigenvalue weighted by Crippen LogP contribution is -2.44. The number of amides is 1. The summed E-state index contributed by atoms with van der Waals surface area (Å²) in [4.78, 5) is 10.8. The van der Waals surface area contributed by atoms with E-state index in [1.54, 1.807) is 17.5 Å². The van der Waals surface area contributed by atoms with Crippen LogP contribution in [0.25, 0.3) is 0 Å². The first kappa shape index (κ1) is 17.6. The predicted molar refractivity (Wildman–Crippen MR) is 93.1 cm³/mol. The molecule has 3 rings (SSSR count). The van der Waals surface area contributed by atoms with Crippen LogP contribution in [0.2, 0.25) is 0 Å². The van der Waals surface area contributed by atoms with Crippen LogP contribution in [0.5, 0.6) is 0 Å². The normalized spacial score (nSPS) is 25.0. The Kier molecular flexibility index (Phi) is 6.14. The van der Waals surface area contributed by atoms with Gasteiger partial charge in [0.2, 0.25) is 0 Å². The van der Waals surface area contributed by atoms with Gasteiger partial charge < -0.3 is 19.9 Å². The summed E-state index contributed by atoms with van der Waals surface area (Å²) in [5, 5.41) is 14.3. The summed E-state index contributed by atoms with van der Waals surface area (Å²) in [6.07, 6.45) is 14.9. The average molecular weight is 347 g/mol. The van der Waals surface area contributed by atoms with Gasteiger partial charge in [-0.05, 0) is 37.7 Å². The Balaban J connectivity index is 1.65. The Hall–Kier alpha value is -2.25. The number of ether oxygens (including phenoxy) is 2. The van der Waals surface area contributed by atoms with Gasteiger partial charge in [0.05, 0.1) is 6.04 Å². The number of nitrogens with one attached hydrogen (secondary N) is 2. The van der Waals surface area contributed by atoms with Gasteiger partial charge in [-0.3, -0.25) is 5.43 Å². The second-order valence-corrected chi connectivity index (χ2v) is 6.39. The summed E-state index contributed by atoms with van der Waals surface area (Å²) >= 11 is 0. The minimum absolute atomic E-state index is 0.0288. The number of hydrazine groups is 1. The molecule has 1 fully saturated rings. The lowest BCUT2D eigenvalue weighted by molar-refractivity contribution is 0.141. The monoisotopic (exact) mass is 347 g/mol. The molecule has 7 heteroatoms. The fourth-order valence-corrected chi connectivity index (χ4v) is 3.39. The van der Waals surface area contributed by atoms with Gasteiger partial charge in [0, 0.05) is 19.1 Å². The van der Waals surface area contributed by atoms with Crippen LogP contribution in [0.4, 0.5) is 4.79 Å². The molecule has 2 atom stereocenters. The number of nitrogens with zero attached hydrogens (tertiary/aromatic N) is 1. The number of allylic oxidation sites excluding steroid dienone is 3. The van der Waals surface area contributed by atoms with Gasteiger partial charge in [-0.25, -0.2) is 9.80 Å². The number of rotatable bonds is 5. The van der Waals surface area contributed by atoms with Crippen LogP contribution in [-0.2, 0) is 9.47 Å². The summed E-state index contributed by atoms with van der Waals surface area (Å²) in [6.45, 7) is 1.41. The van der Waals surface area contributed by atoms with Crippen molar-refractivity contribution >= 4 is 6.09 Å². The zero-order valence-corrected chi connectivity index (χ0v) is 14.2. The summed E-state index contributed by atoms with van der Waals surface area (Å²) in [7, 11) is 0. The molecule has 2 heterocycles. The zero-order valence-electron chi connectivity index (χ0n) is 14.2. The predicted octanol–water partition coefficient (Wildman–Crippen LogP) is 2.62. The maximum atomic E-state index is 10.8. The van der Waals surface area contributed by atoms with E-state index < -0.39 is 6.09 Å². The van der Waals surface area contributed by atoms with E-state index in [-0.39, 0.29) is 12.1 Å². The molecule has 0 radical (unpaired) electrons. The molecule has 0 aromatic carbocycles. The van der Waals surface area contributed by atoms with Crippen molar-refractivity contribution in [3.63, 3.8) is 0 Å². The number of hydrogen-bond donors (Lipinski definition) is 3. The lowest BCUT2D eigenvalue weighted by Gasteiger charge is -2.29. The Labute approximate surface area is 147 Å². The largest absolute Gasteiger partial charge is 0.466 e. The summed E-state index contributed by atoms with van der Waals surface area (Å²) in [6, 6.07) is 0.256. The first-order chi connectivity index (χ1) is 12.2. The second-order valence-electron chi connectivity index (χ2n) is 6.39. The molecule has 136 valence electrons. The Morgan fingerprint density at radius 3 is 2.96 bits per heavy atom. The van der Waals surface area contributed by atoms with Gasteiger partial charge >= 0.3 is 6.09 Å². The highest BCUT2D eigenvalue weighted by molar-refractivity contribution is 5.63. The fraction of sp³-hybridized carbons (Fsp3) is 0.500. The third kappa shape index (κ3) is 5.11. The number of carboxylic acid groups (broad SMARTS) is 1. The van der Waals surface area contributed by atoms with Gasteiger partial charge in [0.15, 0.2) is 5.76 Å². The van der Waals surface area contributed by atoms with Crippen LogP contribution in [-0.4, -0.2) is 41.4 Å². The van der Waals surface area contributed by atoms with Crippen LogP contribution >= 0.6 is 0 Å². The van der Waals surface area contributed by atoms with Gasteiger partial charge in [-0.1, -0.05) is 18.2 Å². The molecule has 0 aromatic rings. The minimum atomic E-state index is -1.01.